The number of piperidine rings is 1. The highest BCUT2D eigenvalue weighted by atomic mass is 15.2. The Kier molecular flexibility index (Phi) is 4.42. The first kappa shape index (κ1) is 14.0. The Hall–Kier alpha value is -0.0800. The molecule has 0 radical (unpaired) electrons. The van der Waals surface area contributed by atoms with Crippen LogP contribution in [0, 0.1) is 11.3 Å². The Morgan fingerprint density at radius 3 is 2.12 bits per heavy atom. The van der Waals surface area contributed by atoms with Crippen molar-refractivity contribution in [3.63, 3.8) is 0 Å². The minimum Gasteiger partial charge on any atom is -0.329 e. The quantitative estimate of drug-likeness (QED) is 0.798. The number of hydrogen-bond donors (Lipinski definition) is 1. The average Bonchev–Trinajstić information content (AvgIpc) is 2.28. The Morgan fingerprint density at radius 1 is 1.31 bits per heavy atom. The zero-order chi connectivity index (χ0) is 12.4. The molecule has 2 N–H and O–H groups in total. The molecule has 1 unspecified atom stereocenters. The Balaban J connectivity index is 2.65. The number of likely N-dealkylation sites (tertiary alicyclic amines) is 1. The van der Waals surface area contributed by atoms with Crippen LogP contribution in [-0.4, -0.2) is 30.1 Å². The minimum atomic E-state index is 0.190. The van der Waals surface area contributed by atoms with Crippen molar-refractivity contribution in [1.82, 2.24) is 4.90 Å². The van der Waals surface area contributed by atoms with Gasteiger partial charge in [0.2, 0.25) is 0 Å². The van der Waals surface area contributed by atoms with Gasteiger partial charge in [-0.15, -0.1) is 0 Å². The third-order valence-corrected chi connectivity index (χ3v) is 5.20. The third kappa shape index (κ3) is 2.60. The third-order valence-electron chi connectivity index (χ3n) is 5.20. The van der Waals surface area contributed by atoms with E-state index in [1.54, 1.807) is 0 Å². The summed E-state index contributed by atoms with van der Waals surface area (Å²) < 4.78 is 0. The maximum atomic E-state index is 6.00. The van der Waals surface area contributed by atoms with E-state index in [9.17, 15) is 0 Å². The van der Waals surface area contributed by atoms with Gasteiger partial charge in [0.1, 0.15) is 0 Å². The summed E-state index contributed by atoms with van der Waals surface area (Å²) in [6.45, 7) is 14.9. The maximum Gasteiger partial charge on any atom is 0.0326 e. The normalized spacial score (nSPS) is 25.7. The highest BCUT2D eigenvalue weighted by Crippen LogP contribution is 2.37. The second-order valence-corrected chi connectivity index (χ2v) is 6.37. The highest BCUT2D eigenvalue weighted by molar-refractivity contribution is 4.94. The molecule has 1 aliphatic rings. The van der Waals surface area contributed by atoms with Crippen molar-refractivity contribution in [2.75, 3.05) is 19.6 Å². The molecule has 1 saturated heterocycles. The standard InChI is InChI=1S/C14H30N2/c1-6-13(4)7-9-16(10-8-13)14(5,11-15)12(2)3/h12H,6-11,15H2,1-5H3. The molecule has 0 spiro atoms. The second kappa shape index (κ2) is 5.05. The van der Waals surface area contributed by atoms with Crippen molar-refractivity contribution >= 4 is 0 Å². The lowest BCUT2D eigenvalue weighted by Crippen LogP contribution is -2.58. The van der Waals surface area contributed by atoms with Crippen LogP contribution in [0.5, 0.6) is 0 Å². The van der Waals surface area contributed by atoms with Crippen molar-refractivity contribution in [2.24, 2.45) is 17.1 Å². The summed E-state index contributed by atoms with van der Waals surface area (Å²) in [6, 6.07) is 0. The van der Waals surface area contributed by atoms with Crippen LogP contribution in [0.3, 0.4) is 0 Å². The van der Waals surface area contributed by atoms with Crippen LogP contribution in [0.25, 0.3) is 0 Å². The lowest BCUT2D eigenvalue weighted by Gasteiger charge is -2.49. The smallest absolute Gasteiger partial charge is 0.0326 e. The van der Waals surface area contributed by atoms with Gasteiger partial charge in [0.05, 0.1) is 0 Å². The van der Waals surface area contributed by atoms with Gasteiger partial charge >= 0.3 is 0 Å². The maximum absolute atomic E-state index is 6.00. The fourth-order valence-corrected chi connectivity index (χ4v) is 2.64. The molecule has 16 heavy (non-hydrogen) atoms. The van der Waals surface area contributed by atoms with E-state index in [-0.39, 0.29) is 5.54 Å². The van der Waals surface area contributed by atoms with Gasteiger partial charge in [-0.2, -0.15) is 0 Å². The minimum absolute atomic E-state index is 0.190. The molecule has 0 saturated carbocycles. The van der Waals surface area contributed by atoms with Gasteiger partial charge in [0, 0.05) is 12.1 Å². The topological polar surface area (TPSA) is 29.3 Å². The van der Waals surface area contributed by atoms with Crippen LogP contribution in [0.2, 0.25) is 0 Å². The molecule has 2 nitrogen and oxygen atoms in total. The molecule has 1 fully saturated rings. The van der Waals surface area contributed by atoms with E-state index in [1.807, 2.05) is 0 Å². The van der Waals surface area contributed by atoms with Crippen LogP contribution in [-0.2, 0) is 0 Å². The van der Waals surface area contributed by atoms with Crippen LogP contribution >= 0.6 is 0 Å². The van der Waals surface area contributed by atoms with Crippen LogP contribution < -0.4 is 5.73 Å². The fraction of sp³-hybridized carbons (Fsp3) is 1.00. The molecule has 0 aromatic carbocycles. The molecular weight excluding hydrogens is 196 g/mol. The number of rotatable bonds is 4. The predicted molar refractivity (Wildman–Crippen MR) is 71.5 cm³/mol. The Labute approximate surface area is 102 Å². The van der Waals surface area contributed by atoms with Crippen molar-refractivity contribution in [3.05, 3.63) is 0 Å². The van der Waals surface area contributed by atoms with Gasteiger partial charge in [-0.1, -0.05) is 34.1 Å². The number of hydrogen-bond acceptors (Lipinski definition) is 2. The van der Waals surface area contributed by atoms with Crippen molar-refractivity contribution in [3.8, 4) is 0 Å². The number of nitrogens with zero attached hydrogens (tertiary/aromatic N) is 1. The van der Waals surface area contributed by atoms with Gasteiger partial charge in [0.25, 0.3) is 0 Å². The first-order valence-electron chi connectivity index (χ1n) is 6.83. The summed E-state index contributed by atoms with van der Waals surface area (Å²) in [6.07, 6.45) is 3.96. The molecule has 0 aliphatic carbocycles. The second-order valence-electron chi connectivity index (χ2n) is 6.37. The zero-order valence-corrected chi connectivity index (χ0v) is 11.8. The molecular formula is C14H30N2. The van der Waals surface area contributed by atoms with Gasteiger partial charge in [-0.3, -0.25) is 4.90 Å². The van der Waals surface area contributed by atoms with E-state index in [0.29, 0.717) is 11.3 Å². The number of nitrogens with two attached hydrogens (primary N) is 1. The van der Waals surface area contributed by atoms with Gasteiger partial charge in [0.15, 0.2) is 0 Å². The molecule has 1 aliphatic heterocycles. The summed E-state index contributed by atoms with van der Waals surface area (Å²) >= 11 is 0. The van der Waals surface area contributed by atoms with Crippen LogP contribution in [0.4, 0.5) is 0 Å². The molecule has 2 heteroatoms. The molecule has 96 valence electrons. The first-order chi connectivity index (χ1) is 7.38. The van der Waals surface area contributed by atoms with E-state index in [1.165, 1.54) is 32.4 Å². The van der Waals surface area contributed by atoms with Crippen molar-refractivity contribution < 1.29 is 0 Å². The highest BCUT2D eigenvalue weighted by Gasteiger charge is 2.38. The van der Waals surface area contributed by atoms with E-state index in [2.05, 4.69) is 39.5 Å². The average molecular weight is 226 g/mol. The van der Waals surface area contributed by atoms with Gasteiger partial charge < -0.3 is 5.73 Å². The van der Waals surface area contributed by atoms with Gasteiger partial charge in [-0.25, -0.2) is 0 Å². The molecule has 0 aromatic rings. The summed E-state index contributed by atoms with van der Waals surface area (Å²) in [5.41, 5.74) is 6.76. The summed E-state index contributed by atoms with van der Waals surface area (Å²) in [4.78, 5) is 2.62. The zero-order valence-electron chi connectivity index (χ0n) is 11.8. The fourth-order valence-electron chi connectivity index (χ4n) is 2.64. The van der Waals surface area contributed by atoms with Gasteiger partial charge in [-0.05, 0) is 44.2 Å². The predicted octanol–water partition coefficient (Wildman–Crippen LogP) is 2.87. The molecule has 1 heterocycles. The summed E-state index contributed by atoms with van der Waals surface area (Å²) in [5.74, 6) is 0.628. The van der Waals surface area contributed by atoms with Crippen molar-refractivity contribution in [1.29, 1.82) is 0 Å². The molecule has 1 rings (SSSR count). The monoisotopic (exact) mass is 226 g/mol. The summed E-state index contributed by atoms with van der Waals surface area (Å²) in [5, 5.41) is 0. The Morgan fingerprint density at radius 2 is 1.81 bits per heavy atom. The Bertz CT molecular complexity index is 217. The molecule has 1 atom stereocenters. The van der Waals surface area contributed by atoms with Crippen LogP contribution in [0.15, 0.2) is 0 Å². The lowest BCUT2D eigenvalue weighted by molar-refractivity contribution is 0.00920. The molecule has 0 aromatic heterocycles. The lowest BCUT2D eigenvalue weighted by atomic mass is 9.75. The van der Waals surface area contributed by atoms with E-state index >= 15 is 0 Å². The SMILES string of the molecule is CCC1(C)CCN(C(C)(CN)C(C)C)CC1. The van der Waals surface area contributed by atoms with E-state index in [4.69, 9.17) is 5.73 Å². The molecule has 0 bridgehead atoms. The first-order valence-corrected chi connectivity index (χ1v) is 6.83. The molecule has 0 amide bonds. The van der Waals surface area contributed by atoms with E-state index < -0.39 is 0 Å². The summed E-state index contributed by atoms with van der Waals surface area (Å²) in [7, 11) is 0. The van der Waals surface area contributed by atoms with E-state index in [0.717, 1.165) is 6.54 Å². The van der Waals surface area contributed by atoms with Crippen molar-refractivity contribution in [2.45, 2.75) is 59.4 Å². The van der Waals surface area contributed by atoms with Crippen LogP contribution in [0.1, 0.15) is 53.9 Å². The largest absolute Gasteiger partial charge is 0.329 e.